The number of benzene rings is 1. The highest BCUT2D eigenvalue weighted by molar-refractivity contribution is 5.99. The minimum absolute atomic E-state index is 0.0118. The van der Waals surface area contributed by atoms with E-state index in [1.165, 1.54) is 6.08 Å². The molecule has 0 fully saturated rings. The third-order valence-corrected chi connectivity index (χ3v) is 8.42. The Labute approximate surface area is 355 Å². The van der Waals surface area contributed by atoms with Gasteiger partial charge in [0.05, 0.1) is 46.2 Å². The van der Waals surface area contributed by atoms with Crippen LogP contribution in [0.2, 0.25) is 0 Å². The minimum atomic E-state index is -1.27. The first kappa shape index (κ1) is 53.2. The van der Waals surface area contributed by atoms with E-state index in [0.717, 1.165) is 0 Å². The summed E-state index contributed by atoms with van der Waals surface area (Å²) in [7, 11) is 0. The van der Waals surface area contributed by atoms with Crippen molar-refractivity contribution in [1.82, 2.24) is 26.6 Å². The molecule has 0 aliphatic heterocycles. The van der Waals surface area contributed by atoms with Crippen LogP contribution >= 0.6 is 0 Å². The molecule has 340 valence electrons. The number of ether oxygens (including phenoxy) is 4. The number of nitrogens with two attached hydrogens (primary N) is 1. The number of esters is 1. The number of aliphatic hydroxyl groups is 1. The Bertz CT molecular complexity index is 1570. The zero-order valence-corrected chi connectivity index (χ0v) is 35.0. The van der Waals surface area contributed by atoms with E-state index in [0.29, 0.717) is 44.3 Å². The molecule has 1 rings (SSSR count). The highest BCUT2D eigenvalue weighted by Gasteiger charge is 2.32. The molecule has 1 aromatic rings. The molecule has 0 aliphatic rings. The number of nitrogens with one attached hydrogen (secondary N) is 6. The predicted molar refractivity (Wildman–Crippen MR) is 222 cm³/mol. The molecule has 0 saturated heterocycles. The first-order chi connectivity index (χ1) is 29.3. The van der Waals surface area contributed by atoms with Crippen LogP contribution in [0.4, 0.5) is 10.5 Å². The number of amides is 7. The van der Waals surface area contributed by atoms with Crippen LogP contribution in [0.3, 0.4) is 0 Å². The Morgan fingerprint density at radius 1 is 0.787 bits per heavy atom. The SMILES string of the molecule is C=CCOC(=O)CC[C@H](NC(=O)CCCC(=O)NCCOCCOCCOCCN=[N+]=[N-])C(=O)N[C@H](C(=O)N[C@@H](CCCNC(N)=O)C(=O)Nc1ccc(CO)cc1)C(C)C. The van der Waals surface area contributed by atoms with E-state index in [4.69, 9.17) is 30.2 Å². The third kappa shape index (κ3) is 26.1. The predicted octanol–water partition coefficient (Wildman–Crippen LogP) is 0.832. The fourth-order valence-corrected chi connectivity index (χ4v) is 5.23. The number of rotatable bonds is 34. The average molecular weight is 863 g/mol. The lowest BCUT2D eigenvalue weighted by Gasteiger charge is -2.27. The molecule has 9 N–H and O–H groups in total. The quantitative estimate of drug-likeness (QED) is 0.0119. The van der Waals surface area contributed by atoms with Crippen LogP contribution in [0, 0.1) is 5.92 Å². The molecule has 1 aromatic carbocycles. The van der Waals surface area contributed by atoms with Gasteiger partial charge in [-0.2, -0.15) is 0 Å². The van der Waals surface area contributed by atoms with E-state index < -0.39 is 59.7 Å². The van der Waals surface area contributed by atoms with Crippen molar-refractivity contribution in [1.29, 1.82) is 0 Å². The Hall–Kier alpha value is -5.80. The maximum absolute atomic E-state index is 13.7. The number of azide groups is 1. The molecule has 0 unspecified atom stereocenters. The number of carbonyl (C=O) groups excluding carboxylic acids is 7. The van der Waals surface area contributed by atoms with Crippen LogP contribution in [-0.2, 0) is 54.3 Å². The van der Waals surface area contributed by atoms with Crippen LogP contribution in [0.5, 0.6) is 0 Å². The average Bonchev–Trinajstić information content (AvgIpc) is 3.23. The molecule has 0 radical (unpaired) electrons. The van der Waals surface area contributed by atoms with Gasteiger partial charge in [0.15, 0.2) is 0 Å². The van der Waals surface area contributed by atoms with Gasteiger partial charge in [-0.1, -0.05) is 43.7 Å². The van der Waals surface area contributed by atoms with Crippen molar-refractivity contribution in [3.8, 4) is 0 Å². The molecule has 7 amide bonds. The molecule has 0 bridgehead atoms. The molecule has 0 aromatic heterocycles. The maximum Gasteiger partial charge on any atom is 0.312 e. The first-order valence-corrected chi connectivity index (χ1v) is 20.0. The number of nitrogens with zero attached hydrogens (tertiary/aromatic N) is 3. The summed E-state index contributed by atoms with van der Waals surface area (Å²) in [4.78, 5) is 92.1. The van der Waals surface area contributed by atoms with Gasteiger partial charge in [-0.25, -0.2) is 4.79 Å². The Morgan fingerprint density at radius 2 is 1.43 bits per heavy atom. The molecule has 0 saturated carbocycles. The summed E-state index contributed by atoms with van der Waals surface area (Å²) in [6.07, 6.45) is 1.32. The second kappa shape index (κ2) is 33.0. The molecule has 22 heteroatoms. The number of hydrogen-bond donors (Lipinski definition) is 8. The molecule has 22 nitrogen and oxygen atoms in total. The largest absolute Gasteiger partial charge is 0.461 e. The summed E-state index contributed by atoms with van der Waals surface area (Å²) >= 11 is 0. The van der Waals surface area contributed by atoms with Gasteiger partial charge in [0, 0.05) is 49.5 Å². The van der Waals surface area contributed by atoms with E-state index in [1.807, 2.05) is 0 Å². The molecular formula is C39H62N10O12. The van der Waals surface area contributed by atoms with Gasteiger partial charge in [0.2, 0.25) is 29.5 Å². The normalized spacial score (nSPS) is 12.1. The number of carbonyl (C=O) groups is 7. The van der Waals surface area contributed by atoms with Crippen molar-refractivity contribution in [2.75, 3.05) is 71.2 Å². The lowest BCUT2D eigenvalue weighted by Crippen LogP contribution is -2.57. The zero-order chi connectivity index (χ0) is 45.3. The third-order valence-electron chi connectivity index (χ3n) is 8.42. The van der Waals surface area contributed by atoms with Gasteiger partial charge in [0.25, 0.3) is 0 Å². The van der Waals surface area contributed by atoms with Crippen molar-refractivity contribution in [2.24, 2.45) is 16.8 Å². The number of aliphatic hydroxyl groups excluding tert-OH is 1. The standard InChI is InChI=1S/C39H62N10O12/c1-4-19-61-34(53)15-14-31(46-33(52)9-5-8-32(51)42-17-20-58-22-24-60-25-23-59-21-18-44-49-41)37(55)48-35(27(2)3)38(56)47-30(7-6-16-43-39(40)57)36(54)45-29-12-10-28(26-50)11-13-29/h4,10-13,27,30-31,35,50H,1,5-9,14-26H2,2-3H3,(H,42,51)(H,45,54)(H,46,52)(H,47,56)(H,48,55)(H3,40,43,57)/t30-,31-,35-/m0/s1. The second-order valence-corrected chi connectivity index (χ2v) is 13.7. The minimum Gasteiger partial charge on any atom is -0.461 e. The van der Waals surface area contributed by atoms with Crippen molar-refractivity contribution in [2.45, 2.75) is 83.5 Å². The fraction of sp³-hybridized carbons (Fsp3) is 0.615. The van der Waals surface area contributed by atoms with Gasteiger partial charge in [-0.3, -0.25) is 28.8 Å². The van der Waals surface area contributed by atoms with Gasteiger partial charge < -0.3 is 61.7 Å². The number of urea groups is 1. The summed E-state index contributed by atoms with van der Waals surface area (Å²) in [5.74, 6) is -4.09. The molecule has 0 spiro atoms. The summed E-state index contributed by atoms with van der Waals surface area (Å²) in [6.45, 7) is 9.06. The lowest BCUT2D eigenvalue weighted by atomic mass is 10.0. The summed E-state index contributed by atoms with van der Waals surface area (Å²) in [6, 6.07) is 2.08. The van der Waals surface area contributed by atoms with E-state index in [1.54, 1.807) is 38.1 Å². The molecule has 0 aliphatic carbocycles. The van der Waals surface area contributed by atoms with E-state index in [9.17, 15) is 38.7 Å². The summed E-state index contributed by atoms with van der Waals surface area (Å²) < 4.78 is 21.0. The highest BCUT2D eigenvalue weighted by atomic mass is 16.5. The van der Waals surface area contributed by atoms with Crippen LogP contribution in [0.25, 0.3) is 10.4 Å². The fourth-order valence-electron chi connectivity index (χ4n) is 5.23. The van der Waals surface area contributed by atoms with E-state index in [2.05, 4.69) is 48.5 Å². The topological polar surface area (TPSA) is 324 Å². The monoisotopic (exact) mass is 862 g/mol. The van der Waals surface area contributed by atoms with Gasteiger partial charge in [-0.15, -0.1) is 0 Å². The van der Waals surface area contributed by atoms with E-state index in [-0.39, 0.29) is 90.3 Å². The zero-order valence-electron chi connectivity index (χ0n) is 35.0. The van der Waals surface area contributed by atoms with Crippen LogP contribution in [0.1, 0.15) is 64.4 Å². The first-order valence-electron chi connectivity index (χ1n) is 20.0. The second-order valence-electron chi connectivity index (χ2n) is 13.7. The van der Waals surface area contributed by atoms with Crippen molar-refractivity contribution >= 4 is 47.2 Å². The van der Waals surface area contributed by atoms with Gasteiger partial charge in [-0.05, 0) is 54.8 Å². The molecular weight excluding hydrogens is 800 g/mol. The highest BCUT2D eigenvalue weighted by Crippen LogP contribution is 2.13. The summed E-state index contributed by atoms with van der Waals surface area (Å²) in [5, 5.41) is 28.4. The number of anilines is 1. The van der Waals surface area contributed by atoms with Gasteiger partial charge in [0.1, 0.15) is 24.7 Å². The number of hydrogen-bond acceptors (Lipinski definition) is 13. The Kier molecular flexibility index (Phi) is 28.8. The van der Waals surface area contributed by atoms with Crippen LogP contribution < -0.4 is 37.6 Å². The molecule has 3 atom stereocenters. The lowest BCUT2D eigenvalue weighted by molar-refractivity contribution is -0.143. The van der Waals surface area contributed by atoms with Crippen molar-refractivity contribution < 1.29 is 57.6 Å². The Morgan fingerprint density at radius 3 is 2.05 bits per heavy atom. The van der Waals surface area contributed by atoms with Crippen LogP contribution in [0.15, 0.2) is 42.0 Å². The number of primary amides is 1. The van der Waals surface area contributed by atoms with E-state index >= 15 is 0 Å². The smallest absolute Gasteiger partial charge is 0.312 e. The maximum atomic E-state index is 13.7. The van der Waals surface area contributed by atoms with Crippen molar-refractivity contribution in [3.05, 3.63) is 52.9 Å². The Balaban J connectivity index is 2.79. The molecule has 61 heavy (non-hydrogen) atoms. The molecule has 0 heterocycles. The summed E-state index contributed by atoms with van der Waals surface area (Å²) in [5.41, 5.74) is 14.4. The van der Waals surface area contributed by atoms with Crippen LogP contribution in [-0.4, -0.2) is 131 Å². The van der Waals surface area contributed by atoms with Gasteiger partial charge >= 0.3 is 12.0 Å². The van der Waals surface area contributed by atoms with Crippen molar-refractivity contribution in [3.63, 3.8) is 0 Å².